The van der Waals surface area contributed by atoms with Crippen LogP contribution < -0.4 is 10.6 Å². The molecule has 1 aliphatic heterocycles. The number of carbonyl (C=O) groups is 1. The Morgan fingerprint density at radius 3 is 3.09 bits per heavy atom. The molecule has 6 heteroatoms. The standard InChI is InChI=1S/C16H19BrN4O/c1-11-13(17)5-2-6-14(11)19-16(22)15-7-9-21(20-15)12-4-3-8-18-10-12/h2,5-7,9,12,18H,3-4,8,10H2,1H3,(H,19,22). The Morgan fingerprint density at radius 2 is 2.32 bits per heavy atom. The van der Waals surface area contributed by atoms with Crippen LogP contribution in [0.3, 0.4) is 0 Å². The van der Waals surface area contributed by atoms with Crippen LogP contribution in [0.1, 0.15) is 34.9 Å². The smallest absolute Gasteiger partial charge is 0.276 e. The molecule has 1 unspecified atom stereocenters. The van der Waals surface area contributed by atoms with Crippen molar-refractivity contribution < 1.29 is 4.79 Å². The van der Waals surface area contributed by atoms with Crippen LogP contribution in [0, 0.1) is 6.92 Å². The van der Waals surface area contributed by atoms with Crippen LogP contribution >= 0.6 is 15.9 Å². The zero-order valence-corrected chi connectivity index (χ0v) is 14.1. The quantitative estimate of drug-likeness (QED) is 0.881. The van der Waals surface area contributed by atoms with Crippen molar-refractivity contribution in [1.29, 1.82) is 0 Å². The highest BCUT2D eigenvalue weighted by atomic mass is 79.9. The summed E-state index contributed by atoms with van der Waals surface area (Å²) in [6, 6.07) is 7.86. The Morgan fingerprint density at radius 1 is 1.45 bits per heavy atom. The summed E-state index contributed by atoms with van der Waals surface area (Å²) in [6.07, 6.45) is 4.13. The molecular formula is C16H19BrN4O. The Hall–Kier alpha value is -1.66. The molecule has 0 aliphatic carbocycles. The van der Waals surface area contributed by atoms with E-state index in [0.29, 0.717) is 11.7 Å². The Bertz CT molecular complexity index is 677. The molecule has 1 atom stereocenters. The van der Waals surface area contributed by atoms with E-state index in [2.05, 4.69) is 31.7 Å². The van der Waals surface area contributed by atoms with Crippen molar-refractivity contribution in [1.82, 2.24) is 15.1 Å². The number of carbonyl (C=O) groups excluding carboxylic acids is 1. The zero-order chi connectivity index (χ0) is 15.5. The van der Waals surface area contributed by atoms with Gasteiger partial charge in [0.1, 0.15) is 0 Å². The minimum atomic E-state index is -0.177. The summed E-state index contributed by atoms with van der Waals surface area (Å²) in [6.45, 7) is 3.94. The maximum atomic E-state index is 12.4. The molecule has 0 radical (unpaired) electrons. The van der Waals surface area contributed by atoms with E-state index in [-0.39, 0.29) is 5.91 Å². The summed E-state index contributed by atoms with van der Waals surface area (Å²) in [4.78, 5) is 12.4. The number of halogens is 1. The normalized spacial score (nSPS) is 18.2. The highest BCUT2D eigenvalue weighted by Crippen LogP contribution is 2.24. The summed E-state index contributed by atoms with van der Waals surface area (Å²) in [5.74, 6) is -0.177. The van der Waals surface area contributed by atoms with Crippen molar-refractivity contribution in [2.45, 2.75) is 25.8 Å². The van der Waals surface area contributed by atoms with Crippen LogP contribution in [0.2, 0.25) is 0 Å². The topological polar surface area (TPSA) is 59.0 Å². The van der Waals surface area contributed by atoms with Crippen molar-refractivity contribution in [3.63, 3.8) is 0 Å². The predicted molar refractivity (Wildman–Crippen MR) is 90.2 cm³/mol. The number of anilines is 1. The molecule has 0 spiro atoms. The number of rotatable bonds is 3. The van der Waals surface area contributed by atoms with Gasteiger partial charge in [0, 0.05) is 22.9 Å². The van der Waals surface area contributed by atoms with Crippen LogP contribution in [0.25, 0.3) is 0 Å². The first kappa shape index (κ1) is 15.2. The number of hydrogen-bond donors (Lipinski definition) is 2. The highest BCUT2D eigenvalue weighted by molar-refractivity contribution is 9.10. The fourth-order valence-electron chi connectivity index (χ4n) is 2.65. The molecular weight excluding hydrogens is 344 g/mol. The SMILES string of the molecule is Cc1c(Br)cccc1NC(=O)c1ccn(C2CCCNC2)n1. The molecule has 5 nitrogen and oxygen atoms in total. The fraction of sp³-hybridized carbons (Fsp3) is 0.375. The fourth-order valence-corrected chi connectivity index (χ4v) is 3.02. The first-order valence-corrected chi connectivity index (χ1v) is 8.27. The lowest BCUT2D eigenvalue weighted by molar-refractivity contribution is 0.102. The largest absolute Gasteiger partial charge is 0.320 e. The van der Waals surface area contributed by atoms with Crippen LogP contribution in [-0.2, 0) is 0 Å². The van der Waals surface area contributed by atoms with Gasteiger partial charge in [-0.1, -0.05) is 22.0 Å². The number of hydrogen-bond acceptors (Lipinski definition) is 3. The molecule has 1 aromatic carbocycles. The maximum Gasteiger partial charge on any atom is 0.276 e. The van der Waals surface area contributed by atoms with Crippen LogP contribution in [0.5, 0.6) is 0 Å². The van der Waals surface area contributed by atoms with Crippen molar-refractivity contribution in [2.75, 3.05) is 18.4 Å². The molecule has 0 saturated carbocycles. The Labute approximate surface area is 138 Å². The van der Waals surface area contributed by atoms with E-state index in [1.165, 1.54) is 0 Å². The van der Waals surface area contributed by atoms with Gasteiger partial charge in [-0.25, -0.2) is 0 Å². The summed E-state index contributed by atoms with van der Waals surface area (Å²) in [7, 11) is 0. The summed E-state index contributed by atoms with van der Waals surface area (Å²) in [5.41, 5.74) is 2.25. The molecule has 0 bridgehead atoms. The molecule has 22 heavy (non-hydrogen) atoms. The lowest BCUT2D eigenvalue weighted by Gasteiger charge is -2.22. The van der Waals surface area contributed by atoms with Gasteiger partial charge in [0.25, 0.3) is 5.91 Å². The average molecular weight is 363 g/mol. The summed E-state index contributed by atoms with van der Waals surface area (Å²) < 4.78 is 2.87. The van der Waals surface area contributed by atoms with Gasteiger partial charge in [-0.05, 0) is 50.1 Å². The van der Waals surface area contributed by atoms with E-state index < -0.39 is 0 Å². The van der Waals surface area contributed by atoms with E-state index in [9.17, 15) is 4.79 Å². The minimum absolute atomic E-state index is 0.177. The van der Waals surface area contributed by atoms with E-state index >= 15 is 0 Å². The van der Waals surface area contributed by atoms with Crippen LogP contribution in [0.15, 0.2) is 34.9 Å². The molecule has 3 rings (SSSR count). The van der Waals surface area contributed by atoms with E-state index in [1.807, 2.05) is 36.0 Å². The third-order valence-corrected chi connectivity index (χ3v) is 4.86. The monoisotopic (exact) mass is 362 g/mol. The molecule has 1 amide bonds. The van der Waals surface area contributed by atoms with E-state index in [0.717, 1.165) is 41.7 Å². The number of nitrogens with one attached hydrogen (secondary N) is 2. The molecule has 2 N–H and O–H groups in total. The van der Waals surface area contributed by atoms with E-state index in [4.69, 9.17) is 0 Å². The van der Waals surface area contributed by atoms with Gasteiger partial charge in [0.05, 0.1) is 6.04 Å². The minimum Gasteiger partial charge on any atom is -0.320 e. The first-order chi connectivity index (χ1) is 10.6. The van der Waals surface area contributed by atoms with Gasteiger partial charge in [-0.3, -0.25) is 9.48 Å². The second-order valence-electron chi connectivity index (χ2n) is 5.55. The van der Waals surface area contributed by atoms with Gasteiger partial charge in [-0.2, -0.15) is 5.10 Å². The Balaban J connectivity index is 1.72. The molecule has 1 aromatic heterocycles. The number of aromatic nitrogens is 2. The maximum absolute atomic E-state index is 12.4. The molecule has 2 aromatic rings. The number of amides is 1. The first-order valence-electron chi connectivity index (χ1n) is 7.47. The van der Waals surface area contributed by atoms with Crippen molar-refractivity contribution in [3.8, 4) is 0 Å². The summed E-state index contributed by atoms with van der Waals surface area (Å²) >= 11 is 3.47. The highest BCUT2D eigenvalue weighted by Gasteiger charge is 2.18. The second kappa shape index (κ2) is 6.62. The molecule has 1 fully saturated rings. The molecule has 1 saturated heterocycles. The third kappa shape index (κ3) is 3.23. The lowest BCUT2D eigenvalue weighted by Crippen LogP contribution is -2.32. The lowest BCUT2D eigenvalue weighted by atomic mass is 10.1. The number of benzene rings is 1. The van der Waals surface area contributed by atoms with Crippen LogP contribution in [0.4, 0.5) is 5.69 Å². The van der Waals surface area contributed by atoms with E-state index in [1.54, 1.807) is 6.07 Å². The van der Waals surface area contributed by atoms with Gasteiger partial charge in [0.15, 0.2) is 5.69 Å². The molecule has 1 aliphatic rings. The van der Waals surface area contributed by atoms with Gasteiger partial charge in [-0.15, -0.1) is 0 Å². The van der Waals surface area contributed by atoms with Gasteiger partial charge >= 0.3 is 0 Å². The molecule has 2 heterocycles. The Kier molecular flexibility index (Phi) is 4.59. The second-order valence-corrected chi connectivity index (χ2v) is 6.40. The van der Waals surface area contributed by atoms with Crippen molar-refractivity contribution >= 4 is 27.5 Å². The summed E-state index contributed by atoms with van der Waals surface area (Å²) in [5, 5.41) is 10.7. The van der Waals surface area contributed by atoms with Gasteiger partial charge < -0.3 is 10.6 Å². The van der Waals surface area contributed by atoms with Crippen molar-refractivity contribution in [3.05, 3.63) is 46.2 Å². The number of nitrogens with zero attached hydrogens (tertiary/aromatic N) is 2. The van der Waals surface area contributed by atoms with Gasteiger partial charge in [0.2, 0.25) is 0 Å². The zero-order valence-electron chi connectivity index (χ0n) is 12.5. The number of piperidine rings is 1. The van der Waals surface area contributed by atoms with Crippen LogP contribution in [-0.4, -0.2) is 28.8 Å². The average Bonchev–Trinajstić information content (AvgIpc) is 3.03. The van der Waals surface area contributed by atoms with Crippen molar-refractivity contribution in [2.24, 2.45) is 0 Å². The predicted octanol–water partition coefficient (Wildman–Crippen LogP) is 3.13. The third-order valence-electron chi connectivity index (χ3n) is 4.00. The molecule has 116 valence electrons.